The fraction of sp³-hybridized carbons (Fsp3) is 0.708. The minimum absolute atomic E-state index is 0.153. The van der Waals surface area contributed by atoms with Crippen molar-refractivity contribution >= 4 is 11.8 Å². The van der Waals surface area contributed by atoms with E-state index in [4.69, 9.17) is 0 Å². The van der Waals surface area contributed by atoms with Crippen molar-refractivity contribution in [2.24, 2.45) is 17.8 Å². The van der Waals surface area contributed by atoms with Crippen LogP contribution in [-0.4, -0.2) is 74.3 Å². The number of imidazole rings is 1. The van der Waals surface area contributed by atoms with Crippen LogP contribution < -0.4 is 0 Å². The first-order valence-electron chi connectivity index (χ1n) is 12.0. The fourth-order valence-electron chi connectivity index (χ4n) is 6.31. The molecule has 3 saturated heterocycles. The Labute approximate surface area is 185 Å². The minimum atomic E-state index is -0.294. The fourth-order valence-corrected chi connectivity index (χ4v) is 6.31. The van der Waals surface area contributed by atoms with Crippen molar-refractivity contribution in [2.45, 2.75) is 64.7 Å². The largest absolute Gasteiger partial charge is 0.333 e. The third kappa shape index (κ3) is 3.93. The van der Waals surface area contributed by atoms with Crippen LogP contribution in [0, 0.1) is 17.8 Å². The molecule has 7 heteroatoms. The van der Waals surface area contributed by atoms with Crippen molar-refractivity contribution in [2.75, 3.05) is 26.2 Å². The van der Waals surface area contributed by atoms with Gasteiger partial charge in [0.1, 0.15) is 6.04 Å². The molecular weight excluding hydrogens is 390 g/mol. The summed E-state index contributed by atoms with van der Waals surface area (Å²) in [4.78, 5) is 37.4. The highest BCUT2D eigenvalue weighted by molar-refractivity contribution is 5.89. The van der Waals surface area contributed by atoms with Gasteiger partial charge in [0, 0.05) is 63.8 Å². The van der Waals surface area contributed by atoms with E-state index in [0.29, 0.717) is 31.3 Å². The van der Waals surface area contributed by atoms with Crippen molar-refractivity contribution in [1.29, 1.82) is 0 Å². The van der Waals surface area contributed by atoms with Gasteiger partial charge in [0.15, 0.2) is 0 Å². The summed E-state index contributed by atoms with van der Waals surface area (Å²) in [7, 11) is 0. The van der Waals surface area contributed by atoms with Gasteiger partial charge in [-0.2, -0.15) is 0 Å². The number of carbonyl (C=O) groups excluding carboxylic acids is 2. The molecule has 2 bridgehead atoms. The topological polar surface area (TPSA) is 61.7 Å². The van der Waals surface area contributed by atoms with Crippen molar-refractivity contribution in [1.82, 2.24) is 24.3 Å². The first-order valence-corrected chi connectivity index (χ1v) is 12.0. The number of amides is 2. The Kier molecular flexibility index (Phi) is 5.63. The molecule has 0 spiro atoms. The molecule has 0 aromatic carbocycles. The summed E-state index contributed by atoms with van der Waals surface area (Å²) in [6.07, 6.45) is 11.7. The lowest BCUT2D eigenvalue weighted by Gasteiger charge is -2.56. The molecule has 0 radical (unpaired) electrons. The Hall–Kier alpha value is -2.15. The monoisotopic (exact) mass is 425 g/mol. The van der Waals surface area contributed by atoms with Gasteiger partial charge >= 0.3 is 0 Å². The van der Waals surface area contributed by atoms with Crippen LogP contribution in [0.25, 0.3) is 0 Å². The van der Waals surface area contributed by atoms with Crippen LogP contribution >= 0.6 is 0 Å². The Balaban J connectivity index is 1.38. The molecule has 4 aliphatic rings. The molecule has 4 atom stereocenters. The lowest BCUT2D eigenvalue weighted by molar-refractivity contribution is -0.164. The van der Waals surface area contributed by atoms with Crippen molar-refractivity contribution in [3.63, 3.8) is 0 Å². The summed E-state index contributed by atoms with van der Waals surface area (Å²) in [5.41, 5.74) is 1.25. The quantitative estimate of drug-likeness (QED) is 0.678. The van der Waals surface area contributed by atoms with Crippen LogP contribution in [0.1, 0.15) is 45.2 Å². The zero-order valence-corrected chi connectivity index (χ0v) is 18.8. The van der Waals surface area contributed by atoms with Gasteiger partial charge in [0.2, 0.25) is 11.8 Å². The zero-order valence-electron chi connectivity index (χ0n) is 18.8. The average molecular weight is 426 g/mol. The van der Waals surface area contributed by atoms with Gasteiger partial charge in [-0.1, -0.05) is 26.0 Å². The highest BCUT2D eigenvalue weighted by Gasteiger charge is 2.52. The molecule has 7 nitrogen and oxygen atoms in total. The molecule has 1 aromatic heterocycles. The number of piperidine rings is 3. The number of aromatic nitrogens is 2. The Morgan fingerprint density at radius 3 is 2.74 bits per heavy atom. The van der Waals surface area contributed by atoms with Gasteiger partial charge in [-0.15, -0.1) is 0 Å². The van der Waals surface area contributed by atoms with Gasteiger partial charge in [0.05, 0.1) is 12.0 Å². The predicted octanol–water partition coefficient (Wildman–Crippen LogP) is 2.14. The SMILES string of the molecule is CC(C)Cn1cncc1CN1C[C@H]2C[C@@H](C1)[C@H](C(=O)N1CC=CC1)N1C(=O)CCC[C@@H]21. The van der Waals surface area contributed by atoms with Crippen LogP contribution in [-0.2, 0) is 22.7 Å². The molecule has 31 heavy (non-hydrogen) atoms. The molecule has 1 aromatic rings. The minimum Gasteiger partial charge on any atom is -0.333 e. The summed E-state index contributed by atoms with van der Waals surface area (Å²) >= 11 is 0. The molecule has 0 N–H and O–H groups in total. The first-order chi connectivity index (χ1) is 15.0. The number of carbonyl (C=O) groups is 2. The molecule has 3 fully saturated rings. The van der Waals surface area contributed by atoms with E-state index in [9.17, 15) is 9.59 Å². The second-order valence-corrected chi connectivity index (χ2v) is 10.3. The van der Waals surface area contributed by atoms with Crippen molar-refractivity contribution in [3.05, 3.63) is 30.4 Å². The van der Waals surface area contributed by atoms with Gasteiger partial charge in [-0.25, -0.2) is 4.98 Å². The Morgan fingerprint density at radius 1 is 1.19 bits per heavy atom. The molecule has 168 valence electrons. The molecule has 5 rings (SSSR count). The van der Waals surface area contributed by atoms with Gasteiger partial charge in [-0.05, 0) is 31.1 Å². The van der Waals surface area contributed by atoms with Crippen molar-refractivity contribution in [3.8, 4) is 0 Å². The maximum absolute atomic E-state index is 13.6. The number of fused-ring (bicyclic) bond motifs is 4. The second kappa shape index (κ2) is 8.41. The maximum atomic E-state index is 13.6. The van der Waals surface area contributed by atoms with Gasteiger partial charge in [-0.3, -0.25) is 14.5 Å². The van der Waals surface area contributed by atoms with E-state index in [-0.39, 0.29) is 29.8 Å². The van der Waals surface area contributed by atoms with Crippen LogP contribution in [0.3, 0.4) is 0 Å². The average Bonchev–Trinajstić information content (AvgIpc) is 3.41. The van der Waals surface area contributed by atoms with E-state index in [1.807, 2.05) is 22.3 Å². The summed E-state index contributed by atoms with van der Waals surface area (Å²) in [5.74, 6) is 1.60. The van der Waals surface area contributed by atoms with Crippen LogP contribution in [0.5, 0.6) is 0 Å². The van der Waals surface area contributed by atoms with E-state index in [0.717, 1.165) is 45.4 Å². The number of nitrogens with zero attached hydrogens (tertiary/aromatic N) is 5. The molecule has 5 heterocycles. The van der Waals surface area contributed by atoms with Crippen LogP contribution in [0.4, 0.5) is 0 Å². The smallest absolute Gasteiger partial charge is 0.246 e. The van der Waals surface area contributed by atoms with Gasteiger partial charge < -0.3 is 14.4 Å². The molecule has 0 unspecified atom stereocenters. The Bertz CT molecular complexity index is 854. The normalized spacial score (nSPS) is 30.9. The van der Waals surface area contributed by atoms with Crippen molar-refractivity contribution < 1.29 is 9.59 Å². The van der Waals surface area contributed by atoms with Crippen LogP contribution in [0.2, 0.25) is 0 Å². The second-order valence-electron chi connectivity index (χ2n) is 10.3. The predicted molar refractivity (Wildman–Crippen MR) is 118 cm³/mol. The number of hydrogen-bond donors (Lipinski definition) is 0. The zero-order chi connectivity index (χ0) is 21.5. The van der Waals surface area contributed by atoms with E-state index in [1.165, 1.54) is 5.69 Å². The van der Waals surface area contributed by atoms with E-state index in [1.54, 1.807) is 0 Å². The third-order valence-corrected chi connectivity index (χ3v) is 7.55. The number of likely N-dealkylation sites (tertiary alicyclic amines) is 1. The standard InChI is InChI=1S/C24H35N5O2/c1-17(2)12-28-16-25-11-20(28)15-26-13-18-10-19(14-26)23(24(31)27-8-3-4-9-27)29-21(18)6-5-7-22(29)30/h3-4,11,16-19,21,23H,5-10,12-15H2,1-2H3/t18-,19+,21+,23-/m1/s1. The summed E-state index contributed by atoms with van der Waals surface area (Å²) < 4.78 is 2.27. The summed E-state index contributed by atoms with van der Waals surface area (Å²) in [5, 5.41) is 0. The molecule has 0 aliphatic carbocycles. The first kappa shape index (κ1) is 20.7. The van der Waals surface area contributed by atoms with E-state index in [2.05, 4.69) is 40.5 Å². The molecule has 0 saturated carbocycles. The summed E-state index contributed by atoms with van der Waals surface area (Å²) in [6.45, 7) is 9.53. The number of hydrogen-bond acceptors (Lipinski definition) is 4. The van der Waals surface area contributed by atoms with E-state index >= 15 is 0 Å². The van der Waals surface area contributed by atoms with E-state index < -0.39 is 0 Å². The highest BCUT2D eigenvalue weighted by Crippen LogP contribution is 2.42. The maximum Gasteiger partial charge on any atom is 0.246 e. The molecule has 4 aliphatic heterocycles. The number of rotatable bonds is 5. The highest BCUT2D eigenvalue weighted by atomic mass is 16.2. The van der Waals surface area contributed by atoms with Crippen LogP contribution in [0.15, 0.2) is 24.7 Å². The lowest BCUT2D eigenvalue weighted by atomic mass is 9.71. The molecular formula is C24H35N5O2. The molecule has 2 amide bonds. The lowest BCUT2D eigenvalue weighted by Crippen LogP contribution is -2.68. The Morgan fingerprint density at radius 2 is 1.97 bits per heavy atom. The third-order valence-electron chi connectivity index (χ3n) is 7.55. The van der Waals surface area contributed by atoms with Gasteiger partial charge in [0.25, 0.3) is 0 Å². The summed E-state index contributed by atoms with van der Waals surface area (Å²) in [6, 6.07) is -0.0808.